The van der Waals surface area contributed by atoms with E-state index in [0.717, 1.165) is 0 Å². The molecule has 0 unspecified atom stereocenters. The van der Waals surface area contributed by atoms with E-state index < -0.39 is 17.7 Å². The fraction of sp³-hybridized carbons (Fsp3) is 0.667. The molecule has 72 valence electrons. The molecule has 1 rings (SSSR count). The van der Waals surface area contributed by atoms with Gasteiger partial charge in [-0.15, -0.1) is 0 Å². The van der Waals surface area contributed by atoms with Gasteiger partial charge in [0.2, 0.25) is 11.6 Å². The second-order valence-corrected chi connectivity index (χ2v) is 2.17. The van der Waals surface area contributed by atoms with Crippen molar-refractivity contribution in [1.29, 1.82) is 0 Å². The predicted molar refractivity (Wildman–Crippen MR) is 38.7 cm³/mol. The molecule has 0 aromatic heterocycles. The molecule has 1 heterocycles. The Balaban J connectivity index is 0. The Morgan fingerprint density at radius 2 is 1.92 bits per heavy atom. The van der Waals surface area contributed by atoms with Crippen LogP contribution in [0.2, 0.25) is 0 Å². The maximum Gasteiger partial charge on any atom is 0.224 e. The molecule has 0 spiro atoms. The molecular weight excluding hydrogens is 168 g/mol. The van der Waals surface area contributed by atoms with E-state index in [-0.39, 0.29) is 30.6 Å². The third-order valence-corrected chi connectivity index (χ3v) is 1.38. The molecule has 1 saturated heterocycles. The zero-order valence-corrected chi connectivity index (χ0v) is 6.37. The molecule has 1 aliphatic heterocycles. The highest BCUT2D eigenvalue weighted by atomic mass is 16.5. The Bertz CT molecular complexity index is 165. The Morgan fingerprint density at radius 1 is 1.33 bits per heavy atom. The van der Waals surface area contributed by atoms with Crippen molar-refractivity contribution in [3.8, 4) is 0 Å². The fourth-order valence-corrected chi connectivity index (χ4v) is 0.771. The first-order valence-corrected chi connectivity index (χ1v) is 3.02. The Hall–Kier alpha value is -0.820. The van der Waals surface area contributed by atoms with Crippen molar-refractivity contribution in [1.82, 2.24) is 0 Å². The van der Waals surface area contributed by atoms with Gasteiger partial charge in [0.25, 0.3) is 0 Å². The molecule has 1 atom stereocenters. The van der Waals surface area contributed by atoms with Gasteiger partial charge in [-0.25, -0.2) is 0 Å². The van der Waals surface area contributed by atoms with Crippen molar-refractivity contribution in [2.75, 3.05) is 13.2 Å². The molecule has 1 aliphatic rings. The lowest BCUT2D eigenvalue weighted by Crippen LogP contribution is -2.35. The molecule has 0 aromatic rings. The van der Waals surface area contributed by atoms with Gasteiger partial charge in [0.1, 0.15) is 6.61 Å². The van der Waals surface area contributed by atoms with Crippen LogP contribution >= 0.6 is 0 Å². The van der Waals surface area contributed by atoms with Gasteiger partial charge in [-0.1, -0.05) is 0 Å². The van der Waals surface area contributed by atoms with E-state index in [2.05, 4.69) is 0 Å². The van der Waals surface area contributed by atoms with Crippen LogP contribution in [0.3, 0.4) is 0 Å². The monoisotopic (exact) mass is 180 g/mol. The predicted octanol–water partition coefficient (Wildman–Crippen LogP) is -2.74. The summed E-state index contributed by atoms with van der Waals surface area (Å²) in [5.74, 6) is -0.935. The summed E-state index contributed by atoms with van der Waals surface area (Å²) >= 11 is 0. The molecule has 1 fully saturated rings. The maximum atomic E-state index is 10.6. The molecule has 6 heteroatoms. The molecule has 12 heavy (non-hydrogen) atoms. The molecule has 0 radical (unpaired) electrons. The number of rotatable bonds is 1. The quantitative estimate of drug-likeness (QED) is 0.439. The van der Waals surface area contributed by atoms with Crippen LogP contribution in [0.15, 0.2) is 0 Å². The Morgan fingerprint density at radius 3 is 2.33 bits per heavy atom. The summed E-state index contributed by atoms with van der Waals surface area (Å²) in [5, 5.41) is 8.51. The van der Waals surface area contributed by atoms with E-state index >= 15 is 0 Å². The van der Waals surface area contributed by atoms with E-state index in [9.17, 15) is 9.59 Å². The van der Waals surface area contributed by atoms with Crippen LogP contribution in [0.1, 0.15) is 6.42 Å². The summed E-state index contributed by atoms with van der Waals surface area (Å²) in [7, 11) is 0. The number of ether oxygens (including phenoxy) is 1. The minimum absolute atomic E-state index is 0. The number of Topliss-reactive ketones (excluding diaryl/α,β-unsaturated/α-hetero) is 2. The van der Waals surface area contributed by atoms with Gasteiger partial charge in [0.15, 0.2) is 0 Å². The van der Waals surface area contributed by atoms with E-state index in [0.29, 0.717) is 0 Å². The van der Waals surface area contributed by atoms with Crippen LogP contribution in [0.4, 0.5) is 0 Å². The summed E-state index contributed by atoms with van der Waals surface area (Å²) in [4.78, 5) is 21.1. The van der Waals surface area contributed by atoms with Crippen LogP contribution in [-0.2, 0) is 14.3 Å². The largest absolute Gasteiger partial charge is 0.412 e. The van der Waals surface area contributed by atoms with Gasteiger partial charge in [0.05, 0.1) is 12.7 Å². The van der Waals surface area contributed by atoms with Crippen LogP contribution in [0.25, 0.3) is 0 Å². The van der Waals surface area contributed by atoms with Gasteiger partial charge in [-0.2, -0.15) is 0 Å². The van der Waals surface area contributed by atoms with Crippen molar-refractivity contribution < 1.29 is 30.4 Å². The molecular formula is C6H12O6. The lowest BCUT2D eigenvalue weighted by Gasteiger charge is -2.17. The van der Waals surface area contributed by atoms with Crippen molar-refractivity contribution in [2.24, 2.45) is 0 Å². The van der Waals surface area contributed by atoms with Gasteiger partial charge in [0, 0.05) is 6.42 Å². The SMILES string of the molecule is O.O.O=C1CO[C@H](CO)CC1=O. The summed E-state index contributed by atoms with van der Waals surface area (Å²) in [5.41, 5.74) is 0. The lowest BCUT2D eigenvalue weighted by molar-refractivity contribution is -0.148. The maximum absolute atomic E-state index is 10.6. The third kappa shape index (κ3) is 3.05. The molecule has 0 aliphatic carbocycles. The van der Waals surface area contributed by atoms with Crippen LogP contribution in [0, 0.1) is 0 Å². The first-order valence-electron chi connectivity index (χ1n) is 3.02. The number of hydrogen-bond acceptors (Lipinski definition) is 4. The smallest absolute Gasteiger partial charge is 0.224 e. The topological polar surface area (TPSA) is 127 Å². The van der Waals surface area contributed by atoms with Crippen molar-refractivity contribution >= 4 is 11.6 Å². The van der Waals surface area contributed by atoms with Crippen molar-refractivity contribution in [3.63, 3.8) is 0 Å². The van der Waals surface area contributed by atoms with E-state index in [4.69, 9.17) is 9.84 Å². The number of hydrogen-bond donors (Lipinski definition) is 1. The summed E-state index contributed by atoms with van der Waals surface area (Å²) in [6.45, 7) is -0.372. The standard InChI is InChI=1S/C6H8O4.2H2O/c7-2-4-1-5(8)6(9)3-10-4;;/h4,7H,1-3H2;2*1H2/t4-;;/m0../s1. The van der Waals surface area contributed by atoms with Crippen molar-refractivity contribution in [2.45, 2.75) is 12.5 Å². The second kappa shape index (κ2) is 5.78. The molecule has 0 amide bonds. The zero-order chi connectivity index (χ0) is 7.56. The second-order valence-electron chi connectivity index (χ2n) is 2.17. The summed E-state index contributed by atoms with van der Waals surface area (Å²) in [6, 6.07) is 0. The van der Waals surface area contributed by atoms with Crippen LogP contribution < -0.4 is 0 Å². The zero-order valence-electron chi connectivity index (χ0n) is 6.37. The summed E-state index contributed by atoms with van der Waals surface area (Å²) in [6.07, 6.45) is -0.444. The van der Waals surface area contributed by atoms with E-state index in [1.54, 1.807) is 0 Å². The molecule has 0 bridgehead atoms. The van der Waals surface area contributed by atoms with Crippen molar-refractivity contribution in [3.05, 3.63) is 0 Å². The lowest BCUT2D eigenvalue weighted by atomic mass is 10.1. The average Bonchev–Trinajstić information content (AvgIpc) is 1.95. The number of carbonyl (C=O) groups is 2. The Labute approximate surface area is 68.8 Å². The molecule has 0 saturated carbocycles. The third-order valence-electron chi connectivity index (χ3n) is 1.38. The average molecular weight is 180 g/mol. The molecule has 0 aromatic carbocycles. The number of aliphatic hydroxyl groups is 1. The van der Waals surface area contributed by atoms with Gasteiger partial charge in [-0.05, 0) is 0 Å². The van der Waals surface area contributed by atoms with Crippen LogP contribution in [0.5, 0.6) is 0 Å². The number of ketones is 2. The minimum atomic E-state index is -0.496. The van der Waals surface area contributed by atoms with E-state index in [1.165, 1.54) is 0 Å². The van der Waals surface area contributed by atoms with E-state index in [1.807, 2.05) is 0 Å². The van der Waals surface area contributed by atoms with Gasteiger partial charge >= 0.3 is 0 Å². The van der Waals surface area contributed by atoms with Gasteiger partial charge < -0.3 is 20.8 Å². The highest BCUT2D eigenvalue weighted by molar-refractivity contribution is 6.38. The Kier molecular flexibility index (Phi) is 6.63. The highest BCUT2D eigenvalue weighted by Crippen LogP contribution is 2.05. The minimum Gasteiger partial charge on any atom is -0.412 e. The molecule has 6 nitrogen and oxygen atoms in total. The number of carbonyl (C=O) groups excluding carboxylic acids is 2. The van der Waals surface area contributed by atoms with Crippen LogP contribution in [-0.4, -0.2) is 46.9 Å². The van der Waals surface area contributed by atoms with Gasteiger partial charge in [-0.3, -0.25) is 9.59 Å². The fourth-order valence-electron chi connectivity index (χ4n) is 0.771. The number of aliphatic hydroxyl groups excluding tert-OH is 1. The normalized spacial score (nSPS) is 22.6. The summed E-state index contributed by atoms with van der Waals surface area (Å²) < 4.78 is 4.79. The first-order chi connectivity index (χ1) is 4.74. The highest BCUT2D eigenvalue weighted by Gasteiger charge is 2.25. The molecule has 5 N–H and O–H groups in total. The first kappa shape index (κ1) is 13.7.